The number of rotatable bonds is 3. The molecule has 27 heavy (non-hydrogen) atoms. The largest absolute Gasteiger partial charge is 0.295 e. The summed E-state index contributed by atoms with van der Waals surface area (Å²) in [5.41, 5.74) is 2.24. The van der Waals surface area contributed by atoms with Crippen molar-refractivity contribution in [2.75, 3.05) is 5.32 Å². The summed E-state index contributed by atoms with van der Waals surface area (Å²) in [6.45, 7) is 15.1. The minimum Gasteiger partial charge on any atom is -0.295 e. The molecule has 3 rings (SSSR count). The van der Waals surface area contributed by atoms with Gasteiger partial charge in [0.1, 0.15) is 5.82 Å². The maximum atomic E-state index is 13.4. The summed E-state index contributed by atoms with van der Waals surface area (Å²) in [4.78, 5) is 20.7. The van der Waals surface area contributed by atoms with Gasteiger partial charge in [0.25, 0.3) is 0 Å². The van der Waals surface area contributed by atoms with Gasteiger partial charge in [-0.25, -0.2) is 14.2 Å². The molecule has 2 aromatic carbocycles. The van der Waals surface area contributed by atoms with E-state index in [0.717, 1.165) is 0 Å². The van der Waals surface area contributed by atoms with Gasteiger partial charge in [-0.15, -0.1) is 0 Å². The Morgan fingerprint density at radius 2 is 1.89 bits per heavy atom. The summed E-state index contributed by atoms with van der Waals surface area (Å²) >= 11 is 0. The Bertz CT molecular complexity index is 1040. The average Bonchev–Trinajstić information content (AvgIpc) is 2.97. The lowest BCUT2D eigenvalue weighted by Gasteiger charge is -2.26. The molecular weight excluding hydrogens is 343 g/mol. The van der Waals surface area contributed by atoms with Gasteiger partial charge < -0.3 is 0 Å². The number of carbonyl (C=O) groups is 1. The molecule has 3 aromatic rings. The molecule has 1 atom stereocenters. The summed E-state index contributed by atoms with van der Waals surface area (Å²) in [7, 11) is 0. The van der Waals surface area contributed by atoms with E-state index < -0.39 is 0 Å². The fourth-order valence-corrected chi connectivity index (χ4v) is 2.68. The zero-order valence-corrected chi connectivity index (χ0v) is 15.7. The van der Waals surface area contributed by atoms with Crippen LogP contribution in [-0.2, 0) is 4.79 Å². The van der Waals surface area contributed by atoms with E-state index in [1.54, 1.807) is 34.9 Å². The van der Waals surface area contributed by atoms with Crippen molar-refractivity contribution in [1.82, 2.24) is 9.55 Å². The Morgan fingerprint density at radius 1 is 1.22 bits per heavy atom. The Hall–Kier alpha value is -3.20. The average molecular weight is 364 g/mol. The lowest BCUT2D eigenvalue weighted by Crippen LogP contribution is -2.31. The van der Waals surface area contributed by atoms with Crippen molar-refractivity contribution in [3.05, 3.63) is 59.7 Å². The Morgan fingerprint density at radius 3 is 2.48 bits per heavy atom. The number of halogens is 1. The van der Waals surface area contributed by atoms with Crippen LogP contribution in [-0.4, -0.2) is 15.5 Å². The molecule has 1 heterocycles. The molecule has 5 nitrogen and oxygen atoms in total. The van der Waals surface area contributed by atoms with Crippen LogP contribution in [0.15, 0.2) is 42.5 Å². The number of fused-ring (bicyclic) bond motifs is 1. The van der Waals surface area contributed by atoms with Crippen LogP contribution in [0.4, 0.5) is 16.0 Å². The van der Waals surface area contributed by atoms with E-state index in [1.165, 1.54) is 12.1 Å². The molecule has 0 aliphatic heterocycles. The van der Waals surface area contributed by atoms with Crippen molar-refractivity contribution >= 4 is 28.6 Å². The van der Waals surface area contributed by atoms with E-state index in [-0.39, 0.29) is 23.1 Å². The van der Waals surface area contributed by atoms with Crippen LogP contribution < -0.4 is 5.32 Å². The van der Waals surface area contributed by atoms with Gasteiger partial charge in [0.2, 0.25) is 11.9 Å². The maximum absolute atomic E-state index is 13.4. The Kier molecular flexibility index (Phi) is 4.71. The fourth-order valence-electron chi connectivity index (χ4n) is 2.68. The Labute approximate surface area is 157 Å². The quantitative estimate of drug-likeness (QED) is 0.638. The molecule has 0 saturated carbocycles. The number of aromatic nitrogens is 2. The summed E-state index contributed by atoms with van der Waals surface area (Å²) < 4.78 is 15.1. The molecule has 0 aliphatic carbocycles. The number of imidazole rings is 1. The third kappa shape index (κ3) is 3.68. The van der Waals surface area contributed by atoms with Crippen molar-refractivity contribution in [1.29, 1.82) is 0 Å². The van der Waals surface area contributed by atoms with Gasteiger partial charge in [0, 0.05) is 11.6 Å². The molecule has 0 spiro atoms. The van der Waals surface area contributed by atoms with Gasteiger partial charge in [0.15, 0.2) is 5.69 Å². The van der Waals surface area contributed by atoms with Crippen LogP contribution >= 0.6 is 0 Å². The number of carbonyl (C=O) groups excluding carboxylic acids is 1. The SMILES string of the molecule is [C-]#[N+]c1ccc2nc(NC(=O)[C@@H](C)C(C)(C)C)n(-c3ccc(F)cc3)c2c1. The number of amides is 1. The summed E-state index contributed by atoms with van der Waals surface area (Å²) in [6.07, 6.45) is 0. The first-order chi connectivity index (χ1) is 12.7. The predicted octanol–water partition coefficient (Wildman–Crippen LogP) is 5.34. The van der Waals surface area contributed by atoms with Crippen molar-refractivity contribution in [3.8, 4) is 5.69 Å². The lowest BCUT2D eigenvalue weighted by molar-refractivity contribution is -0.122. The molecule has 1 amide bonds. The van der Waals surface area contributed by atoms with Gasteiger partial charge in [-0.3, -0.25) is 14.7 Å². The van der Waals surface area contributed by atoms with E-state index in [2.05, 4.69) is 15.1 Å². The van der Waals surface area contributed by atoms with Crippen molar-refractivity contribution in [3.63, 3.8) is 0 Å². The fraction of sp³-hybridized carbons (Fsp3) is 0.286. The highest BCUT2D eigenvalue weighted by Crippen LogP contribution is 2.30. The second-order valence-electron chi connectivity index (χ2n) is 7.61. The highest BCUT2D eigenvalue weighted by atomic mass is 19.1. The standard InChI is InChI=1S/C21H21FN4O/c1-13(21(2,3)4)19(27)25-20-24-17-11-8-15(23-5)12-18(17)26(20)16-9-6-14(22)7-10-16/h6-13H,1-4H3,(H,24,25,27)/t13-/m1/s1. The first-order valence-corrected chi connectivity index (χ1v) is 8.67. The molecule has 0 bridgehead atoms. The summed E-state index contributed by atoms with van der Waals surface area (Å²) in [5, 5.41) is 2.90. The zero-order valence-electron chi connectivity index (χ0n) is 15.7. The normalized spacial score (nSPS) is 12.6. The minimum absolute atomic E-state index is 0.147. The molecule has 1 N–H and O–H groups in total. The molecule has 0 fully saturated rings. The summed E-state index contributed by atoms with van der Waals surface area (Å²) in [5.74, 6) is -0.388. The van der Waals surface area contributed by atoms with Gasteiger partial charge in [-0.05, 0) is 41.8 Å². The van der Waals surface area contributed by atoms with Crippen LogP contribution in [0.3, 0.4) is 0 Å². The molecular formula is C21H21FN4O. The Balaban J connectivity index is 2.14. The first kappa shape index (κ1) is 18.6. The molecule has 6 heteroatoms. The number of hydrogen-bond donors (Lipinski definition) is 1. The van der Waals surface area contributed by atoms with Crippen molar-refractivity contribution in [2.45, 2.75) is 27.7 Å². The number of benzene rings is 2. The van der Waals surface area contributed by atoms with Gasteiger partial charge in [-0.2, -0.15) is 0 Å². The number of hydrogen-bond acceptors (Lipinski definition) is 2. The third-order valence-electron chi connectivity index (χ3n) is 4.78. The van der Waals surface area contributed by atoms with Crippen LogP contribution in [0.1, 0.15) is 27.7 Å². The zero-order chi connectivity index (χ0) is 19.8. The van der Waals surface area contributed by atoms with Crippen LogP contribution in [0.25, 0.3) is 21.6 Å². The molecule has 0 unspecified atom stereocenters. The van der Waals surface area contributed by atoms with E-state index >= 15 is 0 Å². The minimum atomic E-state index is -0.350. The number of anilines is 1. The number of nitrogens with zero attached hydrogens (tertiary/aromatic N) is 3. The smallest absolute Gasteiger partial charge is 0.230 e. The van der Waals surface area contributed by atoms with E-state index in [4.69, 9.17) is 6.57 Å². The molecule has 0 radical (unpaired) electrons. The second kappa shape index (κ2) is 6.84. The lowest BCUT2D eigenvalue weighted by atomic mass is 9.81. The molecule has 138 valence electrons. The van der Waals surface area contributed by atoms with E-state index in [1.807, 2.05) is 27.7 Å². The topological polar surface area (TPSA) is 51.3 Å². The highest BCUT2D eigenvalue weighted by Gasteiger charge is 2.28. The van der Waals surface area contributed by atoms with E-state index in [9.17, 15) is 9.18 Å². The molecule has 0 aliphatic rings. The van der Waals surface area contributed by atoms with Gasteiger partial charge in [0.05, 0.1) is 17.6 Å². The summed E-state index contributed by atoms with van der Waals surface area (Å²) in [6, 6.07) is 11.1. The van der Waals surface area contributed by atoms with Crippen LogP contribution in [0, 0.1) is 23.7 Å². The highest BCUT2D eigenvalue weighted by molar-refractivity contribution is 5.94. The maximum Gasteiger partial charge on any atom is 0.230 e. The second-order valence-corrected chi connectivity index (χ2v) is 7.61. The van der Waals surface area contributed by atoms with Crippen molar-refractivity contribution in [2.24, 2.45) is 11.3 Å². The van der Waals surface area contributed by atoms with E-state index in [0.29, 0.717) is 28.4 Å². The van der Waals surface area contributed by atoms with Crippen LogP contribution in [0.2, 0.25) is 0 Å². The monoisotopic (exact) mass is 364 g/mol. The number of nitrogens with one attached hydrogen (secondary N) is 1. The van der Waals surface area contributed by atoms with Gasteiger partial charge in [-0.1, -0.05) is 33.8 Å². The molecule has 1 aromatic heterocycles. The van der Waals surface area contributed by atoms with Crippen molar-refractivity contribution < 1.29 is 9.18 Å². The molecule has 0 saturated heterocycles. The van der Waals surface area contributed by atoms with Gasteiger partial charge >= 0.3 is 0 Å². The first-order valence-electron chi connectivity index (χ1n) is 8.67. The van der Waals surface area contributed by atoms with Crippen LogP contribution in [0.5, 0.6) is 0 Å². The third-order valence-corrected chi connectivity index (χ3v) is 4.78. The predicted molar refractivity (Wildman–Crippen MR) is 105 cm³/mol.